The molecular weight excluding hydrogens is 496 g/mol. The molecule has 4 fully saturated rings. The molecule has 1 N–H and O–H groups in total. The monoisotopic (exact) mass is 544 g/mol. The predicted octanol–water partition coefficient (Wildman–Crippen LogP) is 4.01. The Labute approximate surface area is 233 Å². The second-order valence-corrected chi connectivity index (χ2v) is 12.0. The molecule has 2 amide bonds. The van der Waals surface area contributed by atoms with Gasteiger partial charge in [0.05, 0.1) is 37.2 Å². The van der Waals surface area contributed by atoms with E-state index >= 15 is 0 Å². The van der Waals surface area contributed by atoms with Crippen LogP contribution in [0.3, 0.4) is 0 Å². The summed E-state index contributed by atoms with van der Waals surface area (Å²) >= 11 is 0. The predicted molar refractivity (Wildman–Crippen MR) is 149 cm³/mol. The van der Waals surface area contributed by atoms with Crippen LogP contribution in [0.25, 0.3) is 0 Å². The fraction of sp³-hybridized carbons (Fsp3) is 0.774. The highest BCUT2D eigenvalue weighted by molar-refractivity contribution is 5.98. The van der Waals surface area contributed by atoms with E-state index in [1.54, 1.807) is 11.0 Å². The third kappa shape index (κ3) is 5.43. The smallest absolute Gasteiger partial charge is 0.312 e. The van der Waals surface area contributed by atoms with Crippen molar-refractivity contribution in [2.45, 2.75) is 114 Å². The number of allylic oxidation sites excluding steroid dienone is 1. The molecule has 4 rings (SSSR count). The van der Waals surface area contributed by atoms with Gasteiger partial charge in [-0.1, -0.05) is 51.7 Å². The number of fused-ring (bicyclic) bond motifs is 1. The van der Waals surface area contributed by atoms with Crippen molar-refractivity contribution in [2.24, 2.45) is 17.8 Å². The van der Waals surface area contributed by atoms with Crippen molar-refractivity contribution in [3.8, 4) is 0 Å². The van der Waals surface area contributed by atoms with Gasteiger partial charge in [-0.2, -0.15) is 0 Å². The number of aliphatic hydroxyl groups is 1. The van der Waals surface area contributed by atoms with E-state index < -0.39 is 41.6 Å². The summed E-state index contributed by atoms with van der Waals surface area (Å²) in [5, 5.41) is 10.5. The van der Waals surface area contributed by atoms with Gasteiger partial charge in [-0.25, -0.2) is 0 Å². The van der Waals surface area contributed by atoms with Crippen LogP contribution >= 0.6 is 0 Å². The van der Waals surface area contributed by atoms with Gasteiger partial charge in [0.1, 0.15) is 11.6 Å². The van der Waals surface area contributed by atoms with Gasteiger partial charge in [-0.05, 0) is 50.9 Å². The Balaban J connectivity index is 1.68. The SMILES string of the molecule is C=CCCCCOC(=O)[C@@H]1[C@@H]2CCC3(O2)C(C(=O)N(CC=C)C2CCCCC2)N([C@@H](CO)[C@@H](C)CC)C(=O)[C@H]13. The first-order valence-electron chi connectivity index (χ1n) is 15.2. The third-order valence-electron chi connectivity index (χ3n) is 9.76. The maximum Gasteiger partial charge on any atom is 0.312 e. The maximum atomic E-state index is 14.6. The van der Waals surface area contributed by atoms with E-state index in [1.807, 2.05) is 24.8 Å². The summed E-state index contributed by atoms with van der Waals surface area (Å²) in [5.74, 6) is -2.35. The molecule has 0 radical (unpaired) electrons. The van der Waals surface area contributed by atoms with Crippen LogP contribution < -0.4 is 0 Å². The van der Waals surface area contributed by atoms with Gasteiger partial charge >= 0.3 is 5.97 Å². The minimum Gasteiger partial charge on any atom is -0.465 e. The number of unbranched alkanes of at least 4 members (excludes halogenated alkanes) is 2. The minimum atomic E-state index is -1.08. The molecule has 1 aliphatic carbocycles. The third-order valence-corrected chi connectivity index (χ3v) is 9.76. The first-order valence-corrected chi connectivity index (χ1v) is 15.2. The molecule has 3 aliphatic heterocycles. The Kier molecular flexibility index (Phi) is 9.92. The Morgan fingerprint density at radius 2 is 1.95 bits per heavy atom. The van der Waals surface area contributed by atoms with E-state index in [1.165, 1.54) is 0 Å². The van der Waals surface area contributed by atoms with E-state index in [2.05, 4.69) is 13.2 Å². The molecule has 0 aromatic carbocycles. The lowest BCUT2D eigenvalue weighted by Gasteiger charge is -2.43. The number of esters is 1. The Hall–Kier alpha value is -2.19. The molecule has 3 saturated heterocycles. The molecule has 8 nitrogen and oxygen atoms in total. The van der Waals surface area contributed by atoms with Crippen molar-refractivity contribution in [1.29, 1.82) is 0 Å². The van der Waals surface area contributed by atoms with Gasteiger partial charge in [0.15, 0.2) is 0 Å². The second kappa shape index (κ2) is 13.0. The van der Waals surface area contributed by atoms with Crippen LogP contribution in [0.1, 0.15) is 84.5 Å². The summed E-state index contributed by atoms with van der Waals surface area (Å²) in [6.07, 6.45) is 12.7. The van der Waals surface area contributed by atoms with Gasteiger partial charge in [-0.3, -0.25) is 14.4 Å². The van der Waals surface area contributed by atoms with E-state index in [0.29, 0.717) is 19.4 Å². The van der Waals surface area contributed by atoms with E-state index in [-0.39, 0.29) is 37.0 Å². The molecule has 218 valence electrons. The number of ether oxygens (including phenoxy) is 2. The number of likely N-dealkylation sites (tertiary alicyclic amines) is 1. The molecule has 2 bridgehead atoms. The molecule has 1 saturated carbocycles. The van der Waals surface area contributed by atoms with E-state index in [4.69, 9.17) is 9.47 Å². The molecule has 39 heavy (non-hydrogen) atoms. The standard InChI is InChI=1S/C31H48N2O6/c1-5-8-9-13-19-38-30(37)25-24-16-17-31(39-24)26(25)28(35)33(23(20-34)21(4)7-3)27(31)29(36)32(18-6-2)22-14-11-10-12-15-22/h5-6,21-27,34H,1-2,7-20H2,3-4H3/t21-,23-,24-,25+,26-,27?,31?/m0/s1. The lowest BCUT2D eigenvalue weighted by Crippen LogP contribution is -2.61. The average molecular weight is 545 g/mol. The largest absolute Gasteiger partial charge is 0.465 e. The Morgan fingerprint density at radius 1 is 1.21 bits per heavy atom. The zero-order valence-corrected chi connectivity index (χ0v) is 23.9. The van der Waals surface area contributed by atoms with E-state index in [0.717, 1.165) is 57.8 Å². The van der Waals surface area contributed by atoms with Crippen molar-refractivity contribution in [3.05, 3.63) is 25.3 Å². The fourth-order valence-electron chi connectivity index (χ4n) is 7.58. The number of rotatable bonds is 14. The van der Waals surface area contributed by atoms with Crippen LogP contribution in [0.4, 0.5) is 0 Å². The van der Waals surface area contributed by atoms with E-state index in [9.17, 15) is 19.5 Å². The first kappa shape index (κ1) is 29.8. The minimum absolute atomic E-state index is 0.0283. The molecule has 3 heterocycles. The number of carbonyl (C=O) groups excluding carboxylic acids is 3. The topological polar surface area (TPSA) is 96.4 Å². The summed E-state index contributed by atoms with van der Waals surface area (Å²) in [4.78, 5) is 45.8. The van der Waals surface area contributed by atoms with Crippen LogP contribution in [-0.2, 0) is 23.9 Å². The summed E-state index contributed by atoms with van der Waals surface area (Å²) in [6, 6.07) is -1.33. The quantitative estimate of drug-likeness (QED) is 0.202. The van der Waals surface area contributed by atoms with Crippen LogP contribution in [-0.4, -0.2) is 82.3 Å². The molecule has 2 unspecified atom stereocenters. The summed E-state index contributed by atoms with van der Waals surface area (Å²) in [7, 11) is 0. The number of aliphatic hydroxyl groups excluding tert-OH is 1. The average Bonchev–Trinajstić information content (AvgIpc) is 3.59. The highest BCUT2D eigenvalue weighted by Crippen LogP contribution is 2.59. The van der Waals surface area contributed by atoms with Crippen molar-refractivity contribution in [1.82, 2.24) is 9.80 Å². The van der Waals surface area contributed by atoms with Crippen molar-refractivity contribution < 1.29 is 29.0 Å². The lowest BCUT2D eigenvalue weighted by molar-refractivity contribution is -0.158. The summed E-state index contributed by atoms with van der Waals surface area (Å²) in [6.45, 7) is 12.1. The molecule has 0 aromatic rings. The molecule has 1 spiro atoms. The molecule has 8 heteroatoms. The fourth-order valence-corrected chi connectivity index (χ4v) is 7.58. The van der Waals surface area contributed by atoms with Crippen LogP contribution in [0.5, 0.6) is 0 Å². The molecular formula is C31H48N2O6. The second-order valence-electron chi connectivity index (χ2n) is 12.0. The Bertz CT molecular complexity index is 917. The molecule has 7 atom stereocenters. The normalized spacial score (nSPS) is 31.6. The zero-order chi connectivity index (χ0) is 28.2. The van der Waals surface area contributed by atoms with Crippen LogP contribution in [0, 0.1) is 17.8 Å². The lowest BCUT2D eigenvalue weighted by atomic mass is 9.70. The van der Waals surface area contributed by atoms with Gasteiger partial charge in [0, 0.05) is 12.6 Å². The molecule has 4 aliphatic rings. The summed E-state index contributed by atoms with van der Waals surface area (Å²) in [5.41, 5.74) is -1.08. The number of carbonyl (C=O) groups is 3. The van der Waals surface area contributed by atoms with Crippen LogP contribution in [0.15, 0.2) is 25.3 Å². The van der Waals surface area contributed by atoms with Gasteiger partial charge < -0.3 is 24.4 Å². The first-order chi connectivity index (χ1) is 18.9. The van der Waals surface area contributed by atoms with Gasteiger partial charge in [-0.15, -0.1) is 13.2 Å². The van der Waals surface area contributed by atoms with Crippen LogP contribution in [0.2, 0.25) is 0 Å². The van der Waals surface area contributed by atoms with Crippen molar-refractivity contribution in [2.75, 3.05) is 19.8 Å². The van der Waals surface area contributed by atoms with Gasteiger partial charge in [0.2, 0.25) is 11.8 Å². The Morgan fingerprint density at radius 3 is 2.59 bits per heavy atom. The number of hydrogen-bond donors (Lipinski definition) is 1. The van der Waals surface area contributed by atoms with Crippen molar-refractivity contribution in [3.63, 3.8) is 0 Å². The highest BCUT2D eigenvalue weighted by Gasteiger charge is 2.76. The number of amides is 2. The maximum absolute atomic E-state index is 14.6. The summed E-state index contributed by atoms with van der Waals surface area (Å²) < 4.78 is 12.3. The molecule has 0 aromatic heterocycles. The number of nitrogens with zero attached hydrogens (tertiary/aromatic N) is 2. The number of hydrogen-bond acceptors (Lipinski definition) is 6. The highest BCUT2D eigenvalue weighted by atomic mass is 16.6. The zero-order valence-electron chi connectivity index (χ0n) is 23.9. The van der Waals surface area contributed by atoms with Gasteiger partial charge in [0.25, 0.3) is 0 Å². The van der Waals surface area contributed by atoms with Crippen molar-refractivity contribution >= 4 is 17.8 Å².